The van der Waals surface area contributed by atoms with E-state index in [2.05, 4.69) is 12.2 Å². The van der Waals surface area contributed by atoms with Crippen LogP contribution in [0.15, 0.2) is 11.9 Å². The van der Waals surface area contributed by atoms with Gasteiger partial charge in [0.1, 0.15) is 0 Å². The predicted molar refractivity (Wildman–Crippen MR) is 43.3 cm³/mol. The Balaban J connectivity index is 2.04. The van der Waals surface area contributed by atoms with E-state index in [-0.39, 0.29) is 0 Å². The molecule has 1 fully saturated rings. The maximum absolute atomic E-state index is 5.61. The van der Waals surface area contributed by atoms with Crippen molar-refractivity contribution < 1.29 is 0 Å². The lowest BCUT2D eigenvalue weighted by Crippen LogP contribution is -2.22. The topological polar surface area (TPSA) is 38.0 Å². The summed E-state index contributed by atoms with van der Waals surface area (Å²) in [7, 11) is 0. The fourth-order valence-electron chi connectivity index (χ4n) is 0.876. The second-order valence-electron chi connectivity index (χ2n) is 2.89. The predicted octanol–water partition coefficient (Wildman–Crippen LogP) is 1.20. The zero-order chi connectivity index (χ0) is 7.40. The molecule has 1 saturated carbocycles. The lowest BCUT2D eigenvalue weighted by atomic mass is 10.4. The molecule has 2 nitrogen and oxygen atoms in total. The summed E-state index contributed by atoms with van der Waals surface area (Å²) in [5.74, 6) is 1.75. The molecule has 1 aliphatic carbocycles. The van der Waals surface area contributed by atoms with Crippen LogP contribution in [0.25, 0.3) is 0 Å². The van der Waals surface area contributed by atoms with Gasteiger partial charge in [0.2, 0.25) is 0 Å². The molecule has 3 N–H and O–H groups in total. The van der Waals surface area contributed by atoms with Crippen molar-refractivity contribution in [1.82, 2.24) is 5.32 Å². The third-order valence-corrected chi connectivity index (χ3v) is 1.72. The lowest BCUT2D eigenvalue weighted by molar-refractivity contribution is 0.707. The molecular formula is C8H16N2. The molecule has 0 bridgehead atoms. The standard InChI is InChI=1S/C8H16N2/c1-2-3-8(9)10-6-7-4-5-7/h3,7,10H,2,4-6,9H2,1H3/b8-3+. The molecule has 1 aliphatic rings. The van der Waals surface area contributed by atoms with E-state index in [1.807, 2.05) is 6.08 Å². The molecule has 58 valence electrons. The molecule has 1 rings (SSSR count). The van der Waals surface area contributed by atoms with E-state index in [0.717, 1.165) is 24.7 Å². The number of nitrogens with two attached hydrogens (primary N) is 1. The monoisotopic (exact) mass is 140 g/mol. The fourth-order valence-corrected chi connectivity index (χ4v) is 0.876. The Morgan fingerprint density at radius 3 is 2.90 bits per heavy atom. The Kier molecular flexibility index (Phi) is 2.60. The summed E-state index contributed by atoms with van der Waals surface area (Å²) in [4.78, 5) is 0. The summed E-state index contributed by atoms with van der Waals surface area (Å²) in [6.07, 6.45) is 5.80. The van der Waals surface area contributed by atoms with Crippen LogP contribution in [0, 0.1) is 5.92 Å². The number of nitrogens with one attached hydrogen (secondary N) is 1. The molecule has 0 aromatic heterocycles. The van der Waals surface area contributed by atoms with Crippen LogP contribution < -0.4 is 11.1 Å². The highest BCUT2D eigenvalue weighted by atomic mass is 15.0. The average Bonchev–Trinajstić information content (AvgIpc) is 2.67. The van der Waals surface area contributed by atoms with Crippen LogP contribution in [0.1, 0.15) is 26.2 Å². The van der Waals surface area contributed by atoms with E-state index in [1.54, 1.807) is 0 Å². The molecule has 0 unspecified atom stereocenters. The van der Waals surface area contributed by atoms with Gasteiger partial charge in [0.15, 0.2) is 0 Å². The van der Waals surface area contributed by atoms with Gasteiger partial charge in [-0.15, -0.1) is 0 Å². The van der Waals surface area contributed by atoms with Crippen molar-refractivity contribution in [1.29, 1.82) is 0 Å². The Hall–Kier alpha value is -0.660. The van der Waals surface area contributed by atoms with Gasteiger partial charge in [0.25, 0.3) is 0 Å². The fraction of sp³-hybridized carbons (Fsp3) is 0.750. The minimum atomic E-state index is 0.842. The second-order valence-corrected chi connectivity index (χ2v) is 2.89. The van der Waals surface area contributed by atoms with Crippen LogP contribution in [0.2, 0.25) is 0 Å². The maximum atomic E-state index is 5.61. The first kappa shape index (κ1) is 7.45. The van der Waals surface area contributed by atoms with Gasteiger partial charge < -0.3 is 11.1 Å². The smallest absolute Gasteiger partial charge is 0.0918 e. The molecule has 0 spiro atoms. The Morgan fingerprint density at radius 1 is 1.70 bits per heavy atom. The van der Waals surface area contributed by atoms with Gasteiger partial charge in [0, 0.05) is 6.54 Å². The molecule has 0 saturated heterocycles. The molecule has 0 heterocycles. The number of rotatable bonds is 4. The molecule has 10 heavy (non-hydrogen) atoms. The first-order valence-corrected chi connectivity index (χ1v) is 4.02. The van der Waals surface area contributed by atoms with E-state index in [1.165, 1.54) is 12.8 Å². The van der Waals surface area contributed by atoms with Gasteiger partial charge in [-0.05, 0) is 31.3 Å². The van der Waals surface area contributed by atoms with Crippen LogP contribution in [-0.2, 0) is 0 Å². The van der Waals surface area contributed by atoms with Gasteiger partial charge in [-0.1, -0.05) is 6.92 Å². The van der Waals surface area contributed by atoms with Crippen LogP contribution in [0.3, 0.4) is 0 Å². The molecule has 0 aromatic rings. The molecule has 2 heteroatoms. The van der Waals surface area contributed by atoms with Crippen molar-refractivity contribution in [2.45, 2.75) is 26.2 Å². The summed E-state index contributed by atoms with van der Waals surface area (Å²) in [5.41, 5.74) is 5.61. The maximum Gasteiger partial charge on any atom is 0.0918 e. The SMILES string of the molecule is CC/C=C(\N)NCC1CC1. The van der Waals surface area contributed by atoms with Crippen LogP contribution in [0.4, 0.5) is 0 Å². The van der Waals surface area contributed by atoms with E-state index in [9.17, 15) is 0 Å². The number of hydrogen-bond acceptors (Lipinski definition) is 2. The van der Waals surface area contributed by atoms with E-state index in [4.69, 9.17) is 5.73 Å². The Bertz CT molecular complexity index is 125. The number of hydrogen-bond donors (Lipinski definition) is 2. The Labute approximate surface area is 62.5 Å². The highest BCUT2D eigenvalue weighted by Gasteiger charge is 2.20. The van der Waals surface area contributed by atoms with Gasteiger partial charge in [-0.3, -0.25) is 0 Å². The largest absolute Gasteiger partial charge is 0.386 e. The van der Waals surface area contributed by atoms with Gasteiger partial charge >= 0.3 is 0 Å². The minimum absolute atomic E-state index is 0.842. The van der Waals surface area contributed by atoms with Crippen molar-refractivity contribution in [3.8, 4) is 0 Å². The zero-order valence-electron chi connectivity index (χ0n) is 6.56. The van der Waals surface area contributed by atoms with Gasteiger partial charge in [0.05, 0.1) is 5.82 Å². The van der Waals surface area contributed by atoms with E-state index >= 15 is 0 Å². The minimum Gasteiger partial charge on any atom is -0.386 e. The summed E-state index contributed by atoms with van der Waals surface area (Å²) in [5, 5.41) is 3.18. The van der Waals surface area contributed by atoms with Crippen LogP contribution in [-0.4, -0.2) is 6.54 Å². The first-order valence-electron chi connectivity index (χ1n) is 4.02. The lowest BCUT2D eigenvalue weighted by Gasteiger charge is -2.03. The highest BCUT2D eigenvalue weighted by Crippen LogP contribution is 2.27. The third-order valence-electron chi connectivity index (χ3n) is 1.72. The normalized spacial score (nSPS) is 19.1. The van der Waals surface area contributed by atoms with Crippen molar-refractivity contribution in [2.24, 2.45) is 11.7 Å². The first-order chi connectivity index (χ1) is 4.83. The van der Waals surface area contributed by atoms with Gasteiger partial charge in [-0.2, -0.15) is 0 Å². The molecular weight excluding hydrogens is 124 g/mol. The van der Waals surface area contributed by atoms with Gasteiger partial charge in [-0.25, -0.2) is 0 Å². The molecule has 0 radical (unpaired) electrons. The summed E-state index contributed by atoms with van der Waals surface area (Å²) in [6, 6.07) is 0. The highest BCUT2D eigenvalue weighted by molar-refractivity contribution is 4.94. The van der Waals surface area contributed by atoms with E-state index < -0.39 is 0 Å². The third kappa shape index (κ3) is 2.76. The molecule has 0 amide bonds. The number of allylic oxidation sites excluding steroid dienone is 1. The molecule has 0 aliphatic heterocycles. The second kappa shape index (κ2) is 3.49. The van der Waals surface area contributed by atoms with Crippen LogP contribution >= 0.6 is 0 Å². The zero-order valence-corrected chi connectivity index (χ0v) is 6.56. The summed E-state index contributed by atoms with van der Waals surface area (Å²) < 4.78 is 0. The molecule has 0 aromatic carbocycles. The molecule has 0 atom stereocenters. The average molecular weight is 140 g/mol. The van der Waals surface area contributed by atoms with E-state index in [0.29, 0.717) is 0 Å². The van der Waals surface area contributed by atoms with Crippen molar-refractivity contribution >= 4 is 0 Å². The van der Waals surface area contributed by atoms with Crippen molar-refractivity contribution in [3.63, 3.8) is 0 Å². The van der Waals surface area contributed by atoms with Crippen molar-refractivity contribution in [2.75, 3.05) is 6.54 Å². The summed E-state index contributed by atoms with van der Waals surface area (Å²) >= 11 is 0. The quantitative estimate of drug-likeness (QED) is 0.615. The Morgan fingerprint density at radius 2 is 2.40 bits per heavy atom. The van der Waals surface area contributed by atoms with Crippen molar-refractivity contribution in [3.05, 3.63) is 11.9 Å². The van der Waals surface area contributed by atoms with Crippen LogP contribution in [0.5, 0.6) is 0 Å². The summed E-state index contributed by atoms with van der Waals surface area (Å²) in [6.45, 7) is 3.16.